The number of nitrogens with one attached hydrogen (secondary N) is 1. The molecule has 1 aliphatic rings. The first-order chi connectivity index (χ1) is 8.15. The van der Waals surface area contributed by atoms with Gasteiger partial charge in [-0.2, -0.15) is 0 Å². The Kier molecular flexibility index (Phi) is 4.63. The van der Waals surface area contributed by atoms with Crippen molar-refractivity contribution < 1.29 is 19.2 Å². The first kappa shape index (κ1) is 14.4. The Morgan fingerprint density at radius 2 is 2.06 bits per heavy atom. The molecular weight excluding hydrogens is 254 g/mol. The first-order valence-corrected chi connectivity index (χ1v) is 6.46. The molecule has 0 spiro atoms. The van der Waals surface area contributed by atoms with E-state index in [1.54, 1.807) is 26.0 Å². The van der Waals surface area contributed by atoms with Crippen LogP contribution in [0.25, 0.3) is 0 Å². The Morgan fingerprint density at radius 3 is 2.72 bits per heavy atom. The van der Waals surface area contributed by atoms with Gasteiger partial charge in [-0.3, -0.25) is 0 Å². The lowest BCUT2D eigenvalue weighted by Crippen LogP contribution is -2.21. The van der Waals surface area contributed by atoms with E-state index in [4.69, 9.17) is 4.74 Å². The second-order valence-electron chi connectivity index (χ2n) is 3.56. The molecule has 0 amide bonds. The van der Waals surface area contributed by atoms with Crippen LogP contribution < -0.4 is 5.32 Å². The van der Waals surface area contributed by atoms with Crippen LogP contribution in [0.1, 0.15) is 13.8 Å². The Hall–Kier alpha value is -1.66. The van der Waals surface area contributed by atoms with Crippen LogP contribution in [0.2, 0.25) is 0 Å². The quantitative estimate of drug-likeness (QED) is 0.817. The summed E-state index contributed by atoms with van der Waals surface area (Å²) in [7, 11) is -1.47. The van der Waals surface area contributed by atoms with Gasteiger partial charge in [-0.05, 0) is 26.0 Å². The van der Waals surface area contributed by atoms with Crippen LogP contribution >= 0.6 is 0 Å². The highest BCUT2D eigenvalue weighted by Crippen LogP contribution is 2.31. The molecule has 0 aliphatic carbocycles. The summed E-state index contributed by atoms with van der Waals surface area (Å²) < 4.78 is 17.2. The number of carbonyl (C=O) groups is 1. The summed E-state index contributed by atoms with van der Waals surface area (Å²) in [4.78, 5) is 12.5. The lowest BCUT2D eigenvalue weighted by atomic mass is 10.3. The van der Waals surface area contributed by atoms with E-state index in [0.717, 1.165) is 5.69 Å². The molecule has 0 unspecified atom stereocenters. The number of allylic oxidation sites excluding steroid dienone is 1. The summed E-state index contributed by atoms with van der Waals surface area (Å²) in [5.74, 6) is -0.523. The SMILES string of the molecule is CCOC(=O)C1=C(C)Nc2ccccc2[S@@]1=O.O. The van der Waals surface area contributed by atoms with Gasteiger partial charge in [0.1, 0.15) is 4.91 Å². The van der Waals surface area contributed by atoms with E-state index in [2.05, 4.69) is 5.32 Å². The molecular formula is C12H15NO4S. The molecule has 18 heavy (non-hydrogen) atoms. The van der Waals surface area contributed by atoms with Crippen molar-refractivity contribution in [2.75, 3.05) is 11.9 Å². The molecule has 1 heterocycles. The Morgan fingerprint density at radius 1 is 1.39 bits per heavy atom. The van der Waals surface area contributed by atoms with Crippen molar-refractivity contribution in [1.82, 2.24) is 0 Å². The van der Waals surface area contributed by atoms with Gasteiger partial charge in [0, 0.05) is 5.70 Å². The minimum Gasteiger partial charge on any atom is -0.462 e. The van der Waals surface area contributed by atoms with E-state index in [0.29, 0.717) is 10.6 Å². The zero-order valence-corrected chi connectivity index (χ0v) is 11.0. The molecule has 0 radical (unpaired) electrons. The van der Waals surface area contributed by atoms with Gasteiger partial charge in [0.15, 0.2) is 0 Å². The Bertz CT molecular complexity index is 525. The van der Waals surface area contributed by atoms with Crippen molar-refractivity contribution >= 4 is 22.5 Å². The van der Waals surface area contributed by atoms with Crippen molar-refractivity contribution in [3.05, 3.63) is 34.9 Å². The highest BCUT2D eigenvalue weighted by Gasteiger charge is 2.28. The molecule has 5 nitrogen and oxygen atoms in total. The molecule has 0 saturated carbocycles. The lowest BCUT2D eigenvalue weighted by Gasteiger charge is -2.20. The third-order valence-corrected chi connectivity index (χ3v) is 3.99. The van der Waals surface area contributed by atoms with Crippen LogP contribution in [0.3, 0.4) is 0 Å². The number of esters is 1. The summed E-state index contributed by atoms with van der Waals surface area (Å²) in [6.45, 7) is 3.72. The topological polar surface area (TPSA) is 86.9 Å². The fourth-order valence-corrected chi connectivity index (χ4v) is 2.95. The molecule has 0 bridgehead atoms. The molecule has 0 aromatic heterocycles. The monoisotopic (exact) mass is 269 g/mol. The van der Waals surface area contributed by atoms with Gasteiger partial charge in [-0.25, -0.2) is 9.00 Å². The Labute approximate surface area is 108 Å². The Balaban J connectivity index is 0.00000162. The van der Waals surface area contributed by atoms with Crippen molar-refractivity contribution in [3.8, 4) is 0 Å². The predicted octanol–water partition coefficient (Wildman–Crippen LogP) is 1.19. The second-order valence-corrected chi connectivity index (χ2v) is 4.95. The largest absolute Gasteiger partial charge is 0.462 e. The summed E-state index contributed by atoms with van der Waals surface area (Å²) in [6.07, 6.45) is 0. The first-order valence-electron chi connectivity index (χ1n) is 5.31. The van der Waals surface area contributed by atoms with E-state index >= 15 is 0 Å². The highest BCUT2D eigenvalue weighted by atomic mass is 32.2. The molecule has 1 aromatic carbocycles. The van der Waals surface area contributed by atoms with Crippen molar-refractivity contribution in [1.29, 1.82) is 0 Å². The molecule has 1 aliphatic heterocycles. The third kappa shape index (κ3) is 2.44. The van der Waals surface area contributed by atoms with Crippen LogP contribution in [-0.2, 0) is 20.3 Å². The molecule has 98 valence electrons. The van der Waals surface area contributed by atoms with Gasteiger partial charge in [-0.1, -0.05) is 12.1 Å². The second kappa shape index (κ2) is 5.79. The zero-order chi connectivity index (χ0) is 12.4. The maximum Gasteiger partial charge on any atom is 0.349 e. The normalized spacial score (nSPS) is 17.3. The van der Waals surface area contributed by atoms with E-state index in [1.807, 2.05) is 12.1 Å². The molecule has 1 aromatic rings. The van der Waals surface area contributed by atoms with E-state index in [1.165, 1.54) is 0 Å². The number of anilines is 1. The number of hydrogen-bond donors (Lipinski definition) is 1. The highest BCUT2D eigenvalue weighted by molar-refractivity contribution is 7.90. The average molecular weight is 269 g/mol. The number of rotatable bonds is 2. The minimum absolute atomic E-state index is 0. The average Bonchev–Trinajstić information content (AvgIpc) is 2.29. The van der Waals surface area contributed by atoms with E-state index < -0.39 is 16.8 Å². The van der Waals surface area contributed by atoms with Gasteiger partial charge < -0.3 is 15.5 Å². The van der Waals surface area contributed by atoms with Gasteiger partial charge in [0.25, 0.3) is 0 Å². The summed E-state index contributed by atoms with van der Waals surface area (Å²) in [5, 5.41) is 3.07. The van der Waals surface area contributed by atoms with Crippen LogP contribution in [0, 0.1) is 0 Å². The van der Waals surface area contributed by atoms with Gasteiger partial charge in [0.2, 0.25) is 0 Å². The van der Waals surface area contributed by atoms with Gasteiger partial charge >= 0.3 is 5.97 Å². The number of hydrogen-bond acceptors (Lipinski definition) is 4. The summed E-state index contributed by atoms with van der Waals surface area (Å²) in [6, 6.07) is 7.22. The van der Waals surface area contributed by atoms with Crippen molar-refractivity contribution in [2.24, 2.45) is 0 Å². The fraction of sp³-hybridized carbons (Fsp3) is 0.250. The number of carbonyl (C=O) groups excluding carboxylic acids is 1. The molecule has 6 heteroatoms. The molecule has 3 N–H and O–H groups in total. The zero-order valence-electron chi connectivity index (χ0n) is 10.1. The maximum absolute atomic E-state index is 12.3. The third-order valence-electron chi connectivity index (χ3n) is 2.40. The smallest absolute Gasteiger partial charge is 0.349 e. The van der Waals surface area contributed by atoms with Gasteiger partial charge in [-0.15, -0.1) is 0 Å². The van der Waals surface area contributed by atoms with Crippen molar-refractivity contribution in [2.45, 2.75) is 18.7 Å². The molecule has 0 fully saturated rings. The molecule has 0 saturated heterocycles. The summed E-state index contributed by atoms with van der Waals surface area (Å²) in [5.41, 5.74) is 1.36. The van der Waals surface area contributed by atoms with E-state index in [-0.39, 0.29) is 17.0 Å². The lowest BCUT2D eigenvalue weighted by molar-refractivity contribution is -0.137. The fourth-order valence-electron chi connectivity index (χ4n) is 1.66. The molecule has 2 rings (SSSR count). The number of ether oxygens (including phenoxy) is 1. The van der Waals surface area contributed by atoms with E-state index in [9.17, 15) is 9.00 Å². The number of para-hydroxylation sites is 1. The van der Waals surface area contributed by atoms with Crippen LogP contribution in [-0.4, -0.2) is 22.3 Å². The van der Waals surface area contributed by atoms with Gasteiger partial charge in [0.05, 0.1) is 28.0 Å². The van der Waals surface area contributed by atoms with Crippen LogP contribution in [0.4, 0.5) is 5.69 Å². The van der Waals surface area contributed by atoms with Crippen LogP contribution in [0.15, 0.2) is 39.8 Å². The predicted molar refractivity (Wildman–Crippen MR) is 69.4 cm³/mol. The number of fused-ring (bicyclic) bond motifs is 1. The van der Waals surface area contributed by atoms with Crippen molar-refractivity contribution in [3.63, 3.8) is 0 Å². The molecule has 1 atom stereocenters. The minimum atomic E-state index is -1.47. The van der Waals surface area contributed by atoms with Crippen LogP contribution in [0.5, 0.6) is 0 Å². The number of benzene rings is 1. The maximum atomic E-state index is 12.3. The standard InChI is InChI=1S/C12H13NO3S.H2O/c1-3-16-12(14)11-8(2)13-9-6-4-5-7-10(9)17(11)15;/h4-7,13H,3H2,1-2H3;1H2/t17-;/m0./s1. The summed E-state index contributed by atoms with van der Waals surface area (Å²) >= 11 is 0.